The molecule has 0 saturated carbocycles. The summed E-state index contributed by atoms with van der Waals surface area (Å²) in [5, 5.41) is 4.13. The predicted octanol–water partition coefficient (Wildman–Crippen LogP) is 1.23. The molecule has 3 aromatic rings. The van der Waals surface area contributed by atoms with Crippen LogP contribution in [0.5, 0.6) is 5.75 Å². The molecule has 0 saturated heterocycles. The summed E-state index contributed by atoms with van der Waals surface area (Å²) in [4.78, 5) is 24.8. The molecule has 7 nitrogen and oxygen atoms in total. The van der Waals surface area contributed by atoms with Crippen LogP contribution in [0.2, 0.25) is 0 Å². The highest BCUT2D eigenvalue weighted by atomic mass is 16.5. The molecule has 0 spiro atoms. The van der Waals surface area contributed by atoms with Gasteiger partial charge in [0.15, 0.2) is 0 Å². The van der Waals surface area contributed by atoms with Crippen LogP contribution in [-0.4, -0.2) is 25.9 Å². The SMILES string of the molecule is C=CCCn1nc2c(=O)n(-c3ccc(OC)cc3)ccn2c1=O. The third kappa shape index (κ3) is 2.57. The van der Waals surface area contributed by atoms with Crippen molar-refractivity contribution in [1.29, 1.82) is 0 Å². The van der Waals surface area contributed by atoms with Crippen LogP contribution in [0.25, 0.3) is 11.3 Å². The highest BCUT2D eigenvalue weighted by Gasteiger charge is 2.12. The lowest BCUT2D eigenvalue weighted by atomic mass is 10.3. The summed E-state index contributed by atoms with van der Waals surface area (Å²) in [6.45, 7) is 4.01. The number of aromatic nitrogens is 4. The van der Waals surface area contributed by atoms with Crippen molar-refractivity contribution >= 4 is 5.65 Å². The quantitative estimate of drug-likeness (QED) is 0.664. The molecule has 0 N–H and O–H groups in total. The lowest BCUT2D eigenvalue weighted by Crippen LogP contribution is -2.24. The van der Waals surface area contributed by atoms with Gasteiger partial charge in [0.1, 0.15) is 5.75 Å². The molecular weight excluding hydrogens is 296 g/mol. The second kappa shape index (κ2) is 5.96. The standard InChI is InChI=1S/C16H16N4O3/c1-3-4-9-20-16(22)19-11-10-18(15(21)14(19)17-20)12-5-7-13(23-2)8-6-12/h3,5-8,10-11H,1,4,9H2,2H3. The van der Waals surface area contributed by atoms with Crippen LogP contribution in [-0.2, 0) is 6.54 Å². The van der Waals surface area contributed by atoms with Gasteiger partial charge >= 0.3 is 11.2 Å². The van der Waals surface area contributed by atoms with Crippen molar-refractivity contribution in [3.8, 4) is 11.4 Å². The minimum atomic E-state index is -0.355. The average Bonchev–Trinajstić information content (AvgIpc) is 2.91. The molecule has 23 heavy (non-hydrogen) atoms. The number of allylic oxidation sites excluding steroid dienone is 1. The van der Waals surface area contributed by atoms with Crippen LogP contribution in [0.15, 0.2) is 58.9 Å². The minimum absolute atomic E-state index is 0.0948. The number of rotatable bonds is 5. The lowest BCUT2D eigenvalue weighted by Gasteiger charge is -2.06. The molecule has 7 heteroatoms. The highest BCUT2D eigenvalue weighted by molar-refractivity contribution is 5.42. The van der Waals surface area contributed by atoms with Gasteiger partial charge in [-0.2, -0.15) is 0 Å². The van der Waals surface area contributed by atoms with Gasteiger partial charge in [0, 0.05) is 24.6 Å². The van der Waals surface area contributed by atoms with Gasteiger partial charge in [-0.1, -0.05) is 6.08 Å². The maximum Gasteiger partial charge on any atom is 0.350 e. The summed E-state index contributed by atoms with van der Waals surface area (Å²) in [5.41, 5.74) is 0.0803. The normalized spacial score (nSPS) is 10.8. The first-order chi connectivity index (χ1) is 11.2. The monoisotopic (exact) mass is 312 g/mol. The summed E-state index contributed by atoms with van der Waals surface area (Å²) in [5.74, 6) is 0.702. The van der Waals surface area contributed by atoms with Crippen LogP contribution in [0.1, 0.15) is 6.42 Å². The second-order valence-electron chi connectivity index (χ2n) is 4.95. The molecule has 2 aromatic heterocycles. The number of benzene rings is 1. The molecule has 0 radical (unpaired) electrons. The Kier molecular flexibility index (Phi) is 3.84. The molecule has 0 aliphatic carbocycles. The van der Waals surface area contributed by atoms with Gasteiger partial charge in [-0.3, -0.25) is 9.36 Å². The fraction of sp³-hybridized carbons (Fsp3) is 0.188. The van der Waals surface area contributed by atoms with E-state index in [1.165, 1.54) is 13.6 Å². The summed E-state index contributed by atoms with van der Waals surface area (Å²) in [6.07, 6.45) is 5.40. The number of nitrogens with zero attached hydrogens (tertiary/aromatic N) is 4. The molecule has 0 atom stereocenters. The molecule has 0 unspecified atom stereocenters. The Bertz CT molecular complexity index is 964. The summed E-state index contributed by atoms with van der Waals surface area (Å²) in [7, 11) is 1.58. The molecule has 2 heterocycles. The zero-order valence-electron chi connectivity index (χ0n) is 12.7. The summed E-state index contributed by atoms with van der Waals surface area (Å²) >= 11 is 0. The van der Waals surface area contributed by atoms with Gasteiger partial charge in [0.25, 0.3) is 0 Å². The Morgan fingerprint density at radius 3 is 2.61 bits per heavy atom. The molecule has 3 rings (SSSR count). The number of hydrogen-bond donors (Lipinski definition) is 0. The number of hydrogen-bond acceptors (Lipinski definition) is 4. The van der Waals surface area contributed by atoms with Crippen molar-refractivity contribution in [2.75, 3.05) is 7.11 Å². The van der Waals surface area contributed by atoms with E-state index in [0.717, 1.165) is 0 Å². The van der Waals surface area contributed by atoms with Crippen LogP contribution >= 0.6 is 0 Å². The smallest absolute Gasteiger partial charge is 0.350 e. The van der Waals surface area contributed by atoms with E-state index in [4.69, 9.17) is 4.74 Å². The van der Waals surface area contributed by atoms with E-state index in [1.54, 1.807) is 49.8 Å². The maximum absolute atomic E-state index is 12.6. The zero-order valence-corrected chi connectivity index (χ0v) is 12.7. The van der Waals surface area contributed by atoms with E-state index < -0.39 is 0 Å². The van der Waals surface area contributed by atoms with E-state index in [2.05, 4.69) is 11.7 Å². The number of fused-ring (bicyclic) bond motifs is 1. The van der Waals surface area contributed by atoms with Crippen LogP contribution in [0.3, 0.4) is 0 Å². The second-order valence-corrected chi connectivity index (χ2v) is 4.95. The van der Waals surface area contributed by atoms with E-state index >= 15 is 0 Å². The molecule has 0 bridgehead atoms. The lowest BCUT2D eigenvalue weighted by molar-refractivity contribution is 0.414. The van der Waals surface area contributed by atoms with E-state index in [9.17, 15) is 9.59 Å². The molecule has 0 aliphatic heterocycles. The van der Waals surface area contributed by atoms with Crippen LogP contribution in [0.4, 0.5) is 0 Å². The van der Waals surface area contributed by atoms with E-state index in [-0.39, 0.29) is 16.9 Å². The van der Waals surface area contributed by atoms with Gasteiger partial charge in [0.05, 0.1) is 7.11 Å². The number of methoxy groups -OCH3 is 1. The van der Waals surface area contributed by atoms with E-state index in [1.807, 2.05) is 0 Å². The van der Waals surface area contributed by atoms with Gasteiger partial charge < -0.3 is 4.74 Å². The Balaban J connectivity index is 2.12. The van der Waals surface area contributed by atoms with Crippen LogP contribution < -0.4 is 16.0 Å². The molecule has 118 valence electrons. The highest BCUT2D eigenvalue weighted by Crippen LogP contribution is 2.13. The first-order valence-corrected chi connectivity index (χ1v) is 7.12. The largest absolute Gasteiger partial charge is 0.497 e. The van der Waals surface area contributed by atoms with Crippen molar-refractivity contribution < 1.29 is 4.74 Å². The van der Waals surface area contributed by atoms with Crippen molar-refractivity contribution in [2.24, 2.45) is 0 Å². The zero-order chi connectivity index (χ0) is 16.4. The molecular formula is C16H16N4O3. The molecule has 0 amide bonds. The average molecular weight is 312 g/mol. The fourth-order valence-corrected chi connectivity index (χ4v) is 2.31. The Morgan fingerprint density at radius 2 is 1.96 bits per heavy atom. The van der Waals surface area contributed by atoms with Crippen molar-refractivity contribution in [3.63, 3.8) is 0 Å². The van der Waals surface area contributed by atoms with Gasteiger partial charge in [-0.05, 0) is 30.7 Å². The topological polar surface area (TPSA) is 70.5 Å². The van der Waals surface area contributed by atoms with Gasteiger partial charge in [-0.25, -0.2) is 13.9 Å². The van der Waals surface area contributed by atoms with Gasteiger partial charge in [0.2, 0.25) is 5.65 Å². The maximum atomic E-state index is 12.6. The fourth-order valence-electron chi connectivity index (χ4n) is 2.31. The van der Waals surface area contributed by atoms with Crippen molar-refractivity contribution in [3.05, 3.63) is 70.2 Å². The third-order valence-corrected chi connectivity index (χ3v) is 3.54. The summed E-state index contributed by atoms with van der Waals surface area (Å²) < 4.78 is 9.08. The molecule has 0 fully saturated rings. The minimum Gasteiger partial charge on any atom is -0.497 e. The number of aryl methyl sites for hydroxylation is 1. The third-order valence-electron chi connectivity index (χ3n) is 3.54. The van der Waals surface area contributed by atoms with E-state index in [0.29, 0.717) is 24.4 Å². The number of ether oxygens (including phenoxy) is 1. The predicted molar refractivity (Wildman–Crippen MR) is 86.4 cm³/mol. The first kappa shape index (κ1) is 14.8. The summed E-state index contributed by atoms with van der Waals surface area (Å²) in [6, 6.07) is 7.06. The molecule has 1 aromatic carbocycles. The molecule has 0 aliphatic rings. The van der Waals surface area contributed by atoms with Crippen molar-refractivity contribution in [1.82, 2.24) is 18.7 Å². The Labute approximate surface area is 131 Å². The Morgan fingerprint density at radius 1 is 1.22 bits per heavy atom. The Hall–Kier alpha value is -3.09. The van der Waals surface area contributed by atoms with Crippen molar-refractivity contribution in [2.45, 2.75) is 13.0 Å². The van der Waals surface area contributed by atoms with Gasteiger partial charge in [-0.15, -0.1) is 11.7 Å². The van der Waals surface area contributed by atoms with Crippen LogP contribution in [0, 0.1) is 0 Å². The first-order valence-electron chi connectivity index (χ1n) is 7.12.